The fourth-order valence-electron chi connectivity index (χ4n) is 4.16. The lowest BCUT2D eigenvalue weighted by atomic mass is 9.98. The number of carbonyl (C=O) groups excluding carboxylic acids is 2. The second-order valence-corrected chi connectivity index (χ2v) is 7.91. The number of fused-ring (bicyclic) bond motifs is 2. The minimum Gasteiger partial charge on any atom is -0.484 e. The maximum Gasteiger partial charge on any atom is 0.295 e. The first kappa shape index (κ1) is 20.5. The number of nitrogens with two attached hydrogens (primary N) is 1. The van der Waals surface area contributed by atoms with E-state index in [1.165, 1.54) is 0 Å². The van der Waals surface area contributed by atoms with Crippen LogP contribution < -0.4 is 20.8 Å². The number of rotatable bonds is 5. The van der Waals surface area contributed by atoms with Crippen molar-refractivity contribution in [3.8, 4) is 5.75 Å². The maximum atomic E-state index is 13.6. The van der Waals surface area contributed by atoms with Crippen LogP contribution >= 0.6 is 0 Å². The lowest BCUT2D eigenvalue weighted by molar-refractivity contribution is -0.119. The van der Waals surface area contributed by atoms with E-state index in [9.17, 15) is 14.4 Å². The Balaban J connectivity index is 1.69. The van der Waals surface area contributed by atoms with Crippen molar-refractivity contribution in [3.05, 3.63) is 105 Å². The second kappa shape index (κ2) is 7.94. The fourth-order valence-corrected chi connectivity index (χ4v) is 4.16. The van der Waals surface area contributed by atoms with Gasteiger partial charge in [0.15, 0.2) is 12.0 Å². The first-order valence-corrected chi connectivity index (χ1v) is 10.4. The van der Waals surface area contributed by atoms with Crippen LogP contribution in [0.3, 0.4) is 0 Å². The summed E-state index contributed by atoms with van der Waals surface area (Å²) in [4.78, 5) is 39.7. The van der Waals surface area contributed by atoms with Gasteiger partial charge in [-0.3, -0.25) is 19.3 Å². The Morgan fingerprint density at radius 2 is 1.76 bits per heavy atom. The van der Waals surface area contributed by atoms with Crippen LogP contribution in [0.15, 0.2) is 82.0 Å². The van der Waals surface area contributed by atoms with E-state index in [0.717, 1.165) is 5.56 Å². The summed E-state index contributed by atoms with van der Waals surface area (Å²) in [7, 11) is 0. The molecule has 1 aromatic heterocycles. The number of nitrogens with zero attached hydrogens (tertiary/aromatic N) is 1. The highest BCUT2D eigenvalue weighted by Crippen LogP contribution is 2.41. The molecule has 0 aliphatic carbocycles. The summed E-state index contributed by atoms with van der Waals surface area (Å²) >= 11 is 0. The molecule has 0 bridgehead atoms. The van der Waals surface area contributed by atoms with Crippen LogP contribution in [0.25, 0.3) is 11.0 Å². The third-order valence-corrected chi connectivity index (χ3v) is 5.64. The Labute approximate surface area is 189 Å². The van der Waals surface area contributed by atoms with Crippen LogP contribution in [-0.4, -0.2) is 18.4 Å². The molecule has 0 spiro atoms. The van der Waals surface area contributed by atoms with Gasteiger partial charge in [0.05, 0.1) is 17.0 Å². The first-order chi connectivity index (χ1) is 15.9. The van der Waals surface area contributed by atoms with Gasteiger partial charge in [-0.25, -0.2) is 0 Å². The lowest BCUT2D eigenvalue weighted by Crippen LogP contribution is -2.29. The van der Waals surface area contributed by atoms with Gasteiger partial charge in [-0.1, -0.05) is 42.0 Å². The number of primary amides is 1. The third-order valence-electron chi connectivity index (χ3n) is 5.64. The van der Waals surface area contributed by atoms with Crippen molar-refractivity contribution in [2.24, 2.45) is 5.73 Å². The summed E-state index contributed by atoms with van der Waals surface area (Å²) in [6.45, 7) is 1.66. The largest absolute Gasteiger partial charge is 0.484 e. The van der Waals surface area contributed by atoms with Crippen LogP contribution in [-0.2, 0) is 4.79 Å². The molecule has 2 N–H and O–H groups in total. The van der Waals surface area contributed by atoms with E-state index < -0.39 is 11.9 Å². The van der Waals surface area contributed by atoms with Crippen LogP contribution in [0.1, 0.15) is 33.3 Å². The predicted molar refractivity (Wildman–Crippen MR) is 123 cm³/mol. The fraction of sp³-hybridized carbons (Fsp3) is 0.115. The number of amides is 2. The van der Waals surface area contributed by atoms with Gasteiger partial charge in [0, 0.05) is 5.69 Å². The minimum absolute atomic E-state index is 0.0410. The SMILES string of the molecule is Cc1ccc2oc3c(c(=O)c2c1)C(c1ccc(OCC(N)=O)cc1)N(c1ccccc1)C3=O. The zero-order chi connectivity index (χ0) is 23.1. The van der Waals surface area contributed by atoms with Gasteiger partial charge >= 0.3 is 0 Å². The average molecular weight is 440 g/mol. The van der Waals surface area contributed by atoms with Crippen molar-refractivity contribution in [2.45, 2.75) is 13.0 Å². The smallest absolute Gasteiger partial charge is 0.295 e. The van der Waals surface area contributed by atoms with Crippen molar-refractivity contribution < 1.29 is 18.7 Å². The van der Waals surface area contributed by atoms with Gasteiger partial charge in [0.25, 0.3) is 11.8 Å². The molecule has 1 aliphatic heterocycles. The van der Waals surface area contributed by atoms with E-state index in [1.54, 1.807) is 41.3 Å². The Kier molecular flexibility index (Phi) is 4.94. The number of hydrogen-bond donors (Lipinski definition) is 1. The molecule has 0 fully saturated rings. The molecule has 0 saturated carbocycles. The predicted octanol–water partition coefficient (Wildman–Crippen LogP) is 3.72. The molecule has 1 unspecified atom stereocenters. The van der Waals surface area contributed by atoms with E-state index in [-0.39, 0.29) is 23.7 Å². The molecular formula is C26H20N2O5. The zero-order valence-electron chi connectivity index (χ0n) is 17.8. The summed E-state index contributed by atoms with van der Waals surface area (Å²) < 4.78 is 11.3. The van der Waals surface area contributed by atoms with Crippen molar-refractivity contribution in [3.63, 3.8) is 0 Å². The molecule has 2 amide bonds. The zero-order valence-corrected chi connectivity index (χ0v) is 17.8. The molecule has 4 aromatic rings. The number of benzene rings is 3. The molecule has 7 nitrogen and oxygen atoms in total. The molecule has 0 saturated heterocycles. The third kappa shape index (κ3) is 3.53. The number of carbonyl (C=O) groups is 2. The molecule has 2 heterocycles. The summed E-state index contributed by atoms with van der Waals surface area (Å²) in [5, 5.41) is 0.433. The van der Waals surface area contributed by atoms with Crippen LogP contribution in [0.4, 0.5) is 5.69 Å². The lowest BCUT2D eigenvalue weighted by Gasteiger charge is -2.25. The Morgan fingerprint density at radius 3 is 2.45 bits per heavy atom. The molecule has 0 radical (unpaired) electrons. The van der Waals surface area contributed by atoms with Crippen LogP contribution in [0.5, 0.6) is 5.75 Å². The molecule has 33 heavy (non-hydrogen) atoms. The quantitative estimate of drug-likeness (QED) is 0.510. The normalized spacial score (nSPS) is 15.0. The maximum absolute atomic E-state index is 13.6. The second-order valence-electron chi connectivity index (χ2n) is 7.91. The number of hydrogen-bond acceptors (Lipinski definition) is 5. The highest BCUT2D eigenvalue weighted by Gasteiger charge is 2.43. The standard InChI is InChI=1S/C26H20N2O5/c1-15-7-12-20-19(13-15)24(30)22-23(16-8-10-18(11-9-16)32-14-21(27)29)28(26(31)25(22)33-20)17-5-3-2-4-6-17/h2-13,23H,14H2,1H3,(H2,27,29). The van der Waals surface area contributed by atoms with E-state index in [2.05, 4.69) is 0 Å². The Bertz CT molecular complexity index is 1440. The van der Waals surface area contributed by atoms with Crippen molar-refractivity contribution in [2.75, 3.05) is 11.5 Å². The molecule has 1 aliphatic rings. The summed E-state index contributed by atoms with van der Waals surface area (Å²) in [5.74, 6) is -0.465. The minimum atomic E-state index is -0.679. The van der Waals surface area contributed by atoms with Crippen molar-refractivity contribution in [1.29, 1.82) is 0 Å². The van der Waals surface area contributed by atoms with E-state index in [1.807, 2.05) is 43.3 Å². The number of ether oxygens (including phenoxy) is 1. The number of aryl methyl sites for hydroxylation is 1. The van der Waals surface area contributed by atoms with Crippen molar-refractivity contribution in [1.82, 2.24) is 0 Å². The molecular weight excluding hydrogens is 420 g/mol. The monoisotopic (exact) mass is 440 g/mol. The summed E-state index contributed by atoms with van der Waals surface area (Å²) in [5.41, 5.74) is 7.85. The van der Waals surface area contributed by atoms with Crippen LogP contribution in [0, 0.1) is 6.92 Å². The number of para-hydroxylation sites is 1. The molecule has 5 rings (SSSR count). The average Bonchev–Trinajstić information content (AvgIpc) is 3.11. The molecule has 1 atom stereocenters. The molecule has 164 valence electrons. The van der Waals surface area contributed by atoms with Gasteiger partial charge in [-0.2, -0.15) is 0 Å². The highest BCUT2D eigenvalue weighted by atomic mass is 16.5. The van der Waals surface area contributed by atoms with Gasteiger partial charge < -0.3 is 14.9 Å². The summed E-state index contributed by atoms with van der Waals surface area (Å²) in [6.07, 6.45) is 0. The number of anilines is 1. The van der Waals surface area contributed by atoms with Crippen molar-refractivity contribution >= 4 is 28.5 Å². The van der Waals surface area contributed by atoms with Gasteiger partial charge in [0.1, 0.15) is 11.3 Å². The molecule has 3 aromatic carbocycles. The van der Waals surface area contributed by atoms with Gasteiger partial charge in [-0.05, 0) is 48.9 Å². The highest BCUT2D eigenvalue weighted by molar-refractivity contribution is 6.10. The van der Waals surface area contributed by atoms with Crippen LogP contribution in [0.2, 0.25) is 0 Å². The van der Waals surface area contributed by atoms with Gasteiger partial charge in [0.2, 0.25) is 5.76 Å². The topological polar surface area (TPSA) is 103 Å². The molecule has 7 heteroatoms. The Morgan fingerprint density at radius 1 is 1.03 bits per heavy atom. The summed E-state index contributed by atoms with van der Waals surface area (Å²) in [6, 6.07) is 20.7. The Hall–Kier alpha value is -4.39. The van der Waals surface area contributed by atoms with E-state index >= 15 is 0 Å². The van der Waals surface area contributed by atoms with E-state index in [0.29, 0.717) is 33.5 Å². The first-order valence-electron chi connectivity index (χ1n) is 10.4. The van der Waals surface area contributed by atoms with E-state index in [4.69, 9.17) is 14.9 Å². The van der Waals surface area contributed by atoms with Gasteiger partial charge in [-0.15, -0.1) is 0 Å².